The summed E-state index contributed by atoms with van der Waals surface area (Å²) in [6, 6.07) is 4.77. The Balaban J connectivity index is 2.58. The van der Waals surface area contributed by atoms with E-state index in [0.717, 1.165) is 0 Å². The fraction of sp³-hybridized carbons (Fsp3) is 0.273. The summed E-state index contributed by atoms with van der Waals surface area (Å²) < 4.78 is 5.42. The molecule has 0 fully saturated rings. The van der Waals surface area contributed by atoms with E-state index in [-0.39, 0.29) is 0 Å². The zero-order valence-electron chi connectivity index (χ0n) is 10.3. The molecule has 1 aromatic carbocycles. The Kier molecular flexibility index (Phi) is 6.14. The van der Waals surface area contributed by atoms with Gasteiger partial charge >= 0.3 is 0 Å². The molecule has 3 N–H and O–H groups in total. The summed E-state index contributed by atoms with van der Waals surface area (Å²) in [5.74, 6) is -0.0540. The van der Waals surface area contributed by atoms with Gasteiger partial charge in [-0.2, -0.15) is 0 Å². The lowest BCUT2D eigenvalue weighted by Crippen LogP contribution is -2.49. The number of halogens is 2. The van der Waals surface area contributed by atoms with Crippen molar-refractivity contribution in [3.63, 3.8) is 0 Å². The number of carbonyl (C=O) groups is 1. The molecule has 0 aliphatic carbocycles. The third-order valence-electron chi connectivity index (χ3n) is 2.09. The summed E-state index contributed by atoms with van der Waals surface area (Å²) >= 11 is 16.6. The summed E-state index contributed by atoms with van der Waals surface area (Å²) in [6.45, 7) is 1.58. The van der Waals surface area contributed by atoms with Crippen LogP contribution in [0.5, 0.6) is 5.75 Å². The van der Waals surface area contributed by atoms with Gasteiger partial charge in [-0.05, 0) is 31.3 Å². The molecule has 0 aromatic heterocycles. The number of amides is 1. The van der Waals surface area contributed by atoms with Gasteiger partial charge in [0.2, 0.25) is 0 Å². The first-order chi connectivity index (χ1) is 8.93. The molecule has 0 spiro atoms. The van der Waals surface area contributed by atoms with Gasteiger partial charge in [-0.1, -0.05) is 23.2 Å². The Morgan fingerprint density at radius 3 is 2.68 bits per heavy atom. The van der Waals surface area contributed by atoms with Crippen LogP contribution < -0.4 is 20.9 Å². The Hall–Kier alpha value is -1.24. The van der Waals surface area contributed by atoms with Crippen molar-refractivity contribution in [1.29, 1.82) is 0 Å². The average Bonchev–Trinajstić information content (AvgIpc) is 2.39. The van der Waals surface area contributed by atoms with Crippen LogP contribution in [0.25, 0.3) is 0 Å². The van der Waals surface area contributed by atoms with Gasteiger partial charge in [-0.25, -0.2) is 0 Å². The second kappa shape index (κ2) is 7.37. The van der Waals surface area contributed by atoms with Crippen LogP contribution in [0.4, 0.5) is 0 Å². The van der Waals surface area contributed by atoms with Gasteiger partial charge in [0.25, 0.3) is 5.91 Å². The molecule has 8 heteroatoms. The third-order valence-corrected chi connectivity index (χ3v) is 2.95. The van der Waals surface area contributed by atoms with Crippen LogP contribution in [0, 0.1) is 0 Å². The first-order valence-electron chi connectivity index (χ1n) is 5.33. The molecular weight excluding hydrogens is 309 g/mol. The summed E-state index contributed by atoms with van der Waals surface area (Å²) in [5, 5.41) is 3.80. The molecule has 1 rings (SSSR count). The van der Waals surface area contributed by atoms with Crippen molar-refractivity contribution in [2.24, 2.45) is 0 Å². The molecule has 5 nitrogen and oxygen atoms in total. The van der Waals surface area contributed by atoms with Crippen LogP contribution in [-0.4, -0.2) is 24.2 Å². The second-order valence-corrected chi connectivity index (χ2v) is 4.78. The van der Waals surface area contributed by atoms with Crippen molar-refractivity contribution in [3.05, 3.63) is 28.2 Å². The smallest absolute Gasteiger partial charge is 0.279 e. The van der Waals surface area contributed by atoms with Crippen LogP contribution in [0.2, 0.25) is 10.0 Å². The molecule has 1 amide bonds. The van der Waals surface area contributed by atoms with Crippen molar-refractivity contribution in [3.8, 4) is 5.75 Å². The summed E-state index contributed by atoms with van der Waals surface area (Å²) in [5.41, 5.74) is 4.90. The highest BCUT2D eigenvalue weighted by atomic mass is 35.5. The Morgan fingerprint density at radius 1 is 1.37 bits per heavy atom. The van der Waals surface area contributed by atoms with E-state index in [2.05, 4.69) is 16.2 Å². The summed E-state index contributed by atoms with van der Waals surface area (Å²) in [4.78, 5) is 11.7. The molecular formula is C11H13Cl2N3O2S. The first-order valence-corrected chi connectivity index (χ1v) is 6.49. The molecule has 0 aliphatic rings. The van der Waals surface area contributed by atoms with Gasteiger partial charge in [-0.3, -0.25) is 15.6 Å². The maximum atomic E-state index is 11.7. The number of hydrazine groups is 1. The summed E-state index contributed by atoms with van der Waals surface area (Å²) in [6.07, 6.45) is -0.761. The number of hydrogen-bond donors (Lipinski definition) is 3. The monoisotopic (exact) mass is 321 g/mol. The van der Waals surface area contributed by atoms with E-state index in [1.807, 2.05) is 0 Å². The second-order valence-electron chi connectivity index (χ2n) is 3.53. The zero-order valence-corrected chi connectivity index (χ0v) is 12.6. The molecule has 0 aliphatic heterocycles. The molecule has 0 bridgehead atoms. The number of hydrogen-bond acceptors (Lipinski definition) is 3. The third kappa shape index (κ3) is 5.10. The largest absolute Gasteiger partial charge is 0.479 e. The molecule has 0 saturated heterocycles. The molecule has 104 valence electrons. The fourth-order valence-corrected chi connectivity index (χ4v) is 1.47. The number of rotatable bonds is 3. The van der Waals surface area contributed by atoms with E-state index in [4.69, 9.17) is 40.2 Å². The van der Waals surface area contributed by atoms with E-state index in [1.165, 1.54) is 0 Å². The summed E-state index contributed by atoms with van der Waals surface area (Å²) in [7, 11) is 1.63. The number of thiocarbonyl (C=S) groups is 1. The minimum atomic E-state index is -0.761. The quantitative estimate of drug-likeness (QED) is 0.586. The van der Waals surface area contributed by atoms with E-state index in [9.17, 15) is 4.79 Å². The van der Waals surface area contributed by atoms with Gasteiger partial charge in [-0.15, -0.1) is 0 Å². The number of nitrogens with one attached hydrogen (secondary N) is 3. The van der Waals surface area contributed by atoms with Gasteiger partial charge in [0.05, 0.1) is 5.02 Å². The Bertz CT molecular complexity index is 485. The minimum Gasteiger partial charge on any atom is -0.479 e. The Labute approximate surface area is 126 Å². The highest BCUT2D eigenvalue weighted by Crippen LogP contribution is 2.28. The van der Waals surface area contributed by atoms with E-state index in [1.54, 1.807) is 32.2 Å². The molecule has 0 saturated carbocycles. The molecule has 1 atom stereocenters. The molecule has 1 aromatic rings. The zero-order chi connectivity index (χ0) is 14.4. The maximum Gasteiger partial charge on any atom is 0.279 e. The van der Waals surface area contributed by atoms with Gasteiger partial charge in [0.15, 0.2) is 11.2 Å². The van der Waals surface area contributed by atoms with Crippen LogP contribution >= 0.6 is 35.4 Å². The Morgan fingerprint density at radius 2 is 2.05 bits per heavy atom. The topological polar surface area (TPSA) is 62.4 Å². The minimum absolute atomic E-state index is 0.293. The fourth-order valence-electron chi connectivity index (χ4n) is 1.09. The van der Waals surface area contributed by atoms with Crippen molar-refractivity contribution in [1.82, 2.24) is 16.2 Å². The molecule has 0 heterocycles. The van der Waals surface area contributed by atoms with Gasteiger partial charge < -0.3 is 10.1 Å². The van der Waals surface area contributed by atoms with Crippen LogP contribution in [0.3, 0.4) is 0 Å². The van der Waals surface area contributed by atoms with Crippen molar-refractivity contribution in [2.45, 2.75) is 13.0 Å². The normalized spacial score (nSPS) is 11.4. The highest BCUT2D eigenvalue weighted by molar-refractivity contribution is 7.80. The van der Waals surface area contributed by atoms with Gasteiger partial charge in [0.1, 0.15) is 5.75 Å². The lowest BCUT2D eigenvalue weighted by molar-refractivity contribution is -0.127. The standard InChI is InChI=1S/C11H13Cl2N3O2S/c1-6(10(17)15-16-11(19)14-2)18-9-5-7(12)3-4-8(9)13/h3-6H,1-2H3,(H,15,17)(H2,14,16,19)/t6-/m0/s1. The van der Waals surface area contributed by atoms with Crippen molar-refractivity contribution >= 4 is 46.4 Å². The molecule has 0 unspecified atom stereocenters. The SMILES string of the molecule is CNC(=S)NNC(=O)[C@H](C)Oc1cc(Cl)ccc1Cl. The number of ether oxygens (including phenoxy) is 1. The van der Waals surface area contributed by atoms with E-state index >= 15 is 0 Å². The molecule has 19 heavy (non-hydrogen) atoms. The van der Waals surface area contributed by atoms with Crippen LogP contribution in [0.1, 0.15) is 6.92 Å². The van der Waals surface area contributed by atoms with E-state index < -0.39 is 12.0 Å². The first kappa shape index (κ1) is 15.8. The average molecular weight is 322 g/mol. The number of carbonyl (C=O) groups excluding carboxylic acids is 1. The molecule has 0 radical (unpaired) electrons. The number of benzene rings is 1. The predicted molar refractivity (Wildman–Crippen MR) is 79.5 cm³/mol. The predicted octanol–water partition coefficient (Wildman–Crippen LogP) is 1.89. The van der Waals surface area contributed by atoms with Gasteiger partial charge in [0, 0.05) is 18.1 Å². The van der Waals surface area contributed by atoms with Crippen LogP contribution in [-0.2, 0) is 4.79 Å². The lowest BCUT2D eigenvalue weighted by Gasteiger charge is -2.16. The maximum absolute atomic E-state index is 11.7. The van der Waals surface area contributed by atoms with E-state index in [0.29, 0.717) is 20.9 Å². The van der Waals surface area contributed by atoms with Crippen molar-refractivity contribution < 1.29 is 9.53 Å². The van der Waals surface area contributed by atoms with Crippen molar-refractivity contribution in [2.75, 3.05) is 7.05 Å². The highest BCUT2D eigenvalue weighted by Gasteiger charge is 2.16. The van der Waals surface area contributed by atoms with Crippen LogP contribution in [0.15, 0.2) is 18.2 Å². The lowest BCUT2D eigenvalue weighted by atomic mass is 10.3.